The molecule has 6 heteroatoms. The Hall–Kier alpha value is -1.59. The first-order valence-electron chi connectivity index (χ1n) is 9.35. The molecular formula is C20H30ClN3O2. The first-order chi connectivity index (χ1) is 12.0. The average molecular weight is 380 g/mol. The van der Waals surface area contributed by atoms with Crippen LogP contribution in [0.3, 0.4) is 0 Å². The highest BCUT2D eigenvalue weighted by Crippen LogP contribution is 2.29. The van der Waals surface area contributed by atoms with Crippen LogP contribution in [-0.2, 0) is 16.0 Å². The van der Waals surface area contributed by atoms with Crippen molar-refractivity contribution in [1.82, 2.24) is 15.5 Å². The molecular weight excluding hydrogens is 350 g/mol. The van der Waals surface area contributed by atoms with E-state index in [4.69, 9.17) is 0 Å². The fraction of sp³-hybridized carbons (Fsp3) is 0.600. The summed E-state index contributed by atoms with van der Waals surface area (Å²) in [5.74, 6) is -0.0531. The van der Waals surface area contributed by atoms with Crippen LogP contribution in [0.2, 0.25) is 0 Å². The molecule has 2 amide bonds. The van der Waals surface area contributed by atoms with Crippen molar-refractivity contribution in [1.29, 1.82) is 0 Å². The second-order valence-electron chi connectivity index (χ2n) is 7.53. The zero-order valence-electron chi connectivity index (χ0n) is 15.7. The van der Waals surface area contributed by atoms with E-state index in [9.17, 15) is 9.59 Å². The molecule has 2 aliphatic rings. The number of amides is 2. The molecule has 0 saturated carbocycles. The first kappa shape index (κ1) is 20.7. The number of piperidine rings is 1. The van der Waals surface area contributed by atoms with Crippen molar-refractivity contribution >= 4 is 24.2 Å². The van der Waals surface area contributed by atoms with Gasteiger partial charge in [-0.15, -0.1) is 12.4 Å². The monoisotopic (exact) mass is 379 g/mol. The van der Waals surface area contributed by atoms with Gasteiger partial charge < -0.3 is 15.5 Å². The van der Waals surface area contributed by atoms with E-state index < -0.39 is 0 Å². The maximum Gasteiger partial charge on any atom is 0.241 e. The number of carbonyl (C=O) groups excluding carboxylic acids is 2. The van der Waals surface area contributed by atoms with E-state index in [-0.39, 0.29) is 30.8 Å². The van der Waals surface area contributed by atoms with Gasteiger partial charge in [-0.05, 0) is 44.6 Å². The lowest BCUT2D eigenvalue weighted by Gasteiger charge is -2.35. The number of aryl methyl sites for hydroxylation is 2. The summed E-state index contributed by atoms with van der Waals surface area (Å²) in [6, 6.07) is 9.62. The Morgan fingerprint density at radius 2 is 1.77 bits per heavy atom. The normalized spacial score (nSPS) is 23.8. The number of rotatable bonds is 6. The van der Waals surface area contributed by atoms with Crippen LogP contribution in [0.1, 0.15) is 43.2 Å². The van der Waals surface area contributed by atoms with E-state index in [1.807, 2.05) is 31.0 Å². The minimum absolute atomic E-state index is 0. The van der Waals surface area contributed by atoms with Crippen molar-refractivity contribution in [3.05, 3.63) is 35.4 Å². The van der Waals surface area contributed by atoms with Crippen molar-refractivity contribution in [3.8, 4) is 0 Å². The van der Waals surface area contributed by atoms with Crippen molar-refractivity contribution in [2.24, 2.45) is 0 Å². The van der Waals surface area contributed by atoms with Gasteiger partial charge in [-0.25, -0.2) is 0 Å². The van der Waals surface area contributed by atoms with Crippen LogP contribution < -0.4 is 10.6 Å². The molecule has 1 aromatic rings. The quantitative estimate of drug-likeness (QED) is 0.796. The summed E-state index contributed by atoms with van der Waals surface area (Å²) in [4.78, 5) is 26.2. The van der Waals surface area contributed by atoms with Crippen LogP contribution in [0, 0.1) is 6.92 Å². The molecule has 0 spiro atoms. The molecule has 2 fully saturated rings. The third-order valence-corrected chi connectivity index (χ3v) is 5.59. The molecule has 0 radical (unpaired) electrons. The SMILES string of the molecule is Cc1ccc(CCC(=O)NCC(=O)N(C)C2CC3CCC(C2)N3)cc1.Cl. The predicted octanol–water partition coefficient (Wildman–Crippen LogP) is 2.21. The minimum Gasteiger partial charge on any atom is -0.347 e. The molecule has 2 heterocycles. The third kappa shape index (κ3) is 5.45. The highest BCUT2D eigenvalue weighted by Gasteiger charge is 2.36. The number of carbonyl (C=O) groups is 2. The Morgan fingerprint density at radius 1 is 1.15 bits per heavy atom. The molecule has 2 unspecified atom stereocenters. The summed E-state index contributed by atoms with van der Waals surface area (Å²) < 4.78 is 0. The van der Waals surface area contributed by atoms with E-state index in [1.54, 1.807) is 0 Å². The second kappa shape index (κ2) is 9.38. The van der Waals surface area contributed by atoms with E-state index in [2.05, 4.69) is 22.8 Å². The number of hydrogen-bond acceptors (Lipinski definition) is 3. The molecule has 2 bridgehead atoms. The molecule has 5 nitrogen and oxygen atoms in total. The van der Waals surface area contributed by atoms with Crippen LogP contribution in [0.15, 0.2) is 24.3 Å². The maximum absolute atomic E-state index is 12.4. The zero-order chi connectivity index (χ0) is 17.8. The lowest BCUT2D eigenvalue weighted by Crippen LogP contribution is -2.50. The fourth-order valence-electron chi connectivity index (χ4n) is 3.95. The Morgan fingerprint density at radius 3 is 2.38 bits per heavy atom. The van der Waals surface area contributed by atoms with Gasteiger partial charge in [0, 0.05) is 31.6 Å². The van der Waals surface area contributed by atoms with Crippen LogP contribution in [-0.4, -0.2) is 48.4 Å². The van der Waals surface area contributed by atoms with Gasteiger partial charge in [0.05, 0.1) is 6.54 Å². The van der Waals surface area contributed by atoms with Gasteiger partial charge in [0.2, 0.25) is 11.8 Å². The van der Waals surface area contributed by atoms with Crippen molar-refractivity contribution < 1.29 is 9.59 Å². The molecule has 0 aromatic heterocycles. The van der Waals surface area contributed by atoms with Gasteiger partial charge in [-0.3, -0.25) is 9.59 Å². The summed E-state index contributed by atoms with van der Waals surface area (Å²) in [5, 5.41) is 6.37. The molecule has 2 saturated heterocycles. The van der Waals surface area contributed by atoms with Gasteiger partial charge in [0.25, 0.3) is 0 Å². The number of nitrogens with one attached hydrogen (secondary N) is 2. The van der Waals surface area contributed by atoms with E-state index >= 15 is 0 Å². The highest BCUT2D eigenvalue weighted by atomic mass is 35.5. The topological polar surface area (TPSA) is 61.4 Å². The van der Waals surface area contributed by atoms with Crippen LogP contribution >= 0.6 is 12.4 Å². The number of hydrogen-bond donors (Lipinski definition) is 2. The Bertz CT molecular complexity index is 608. The Labute approximate surface area is 162 Å². The second-order valence-corrected chi connectivity index (χ2v) is 7.53. The highest BCUT2D eigenvalue weighted by molar-refractivity contribution is 5.85. The van der Waals surface area contributed by atoms with Crippen LogP contribution in [0.5, 0.6) is 0 Å². The molecule has 0 aliphatic carbocycles. The van der Waals surface area contributed by atoms with Crippen LogP contribution in [0.25, 0.3) is 0 Å². The van der Waals surface area contributed by atoms with Gasteiger partial charge in [-0.1, -0.05) is 29.8 Å². The van der Waals surface area contributed by atoms with Crippen LogP contribution in [0.4, 0.5) is 0 Å². The third-order valence-electron chi connectivity index (χ3n) is 5.59. The first-order valence-corrected chi connectivity index (χ1v) is 9.35. The standard InChI is InChI=1S/C20H29N3O2.ClH/c1-14-3-5-15(6-4-14)7-10-19(24)21-13-20(25)23(2)18-11-16-8-9-17(12-18)22-16;/h3-6,16-18,22H,7-13H2,1-2H3,(H,21,24);1H. The summed E-state index contributed by atoms with van der Waals surface area (Å²) >= 11 is 0. The smallest absolute Gasteiger partial charge is 0.241 e. The van der Waals surface area contributed by atoms with E-state index in [0.717, 1.165) is 18.4 Å². The molecule has 26 heavy (non-hydrogen) atoms. The summed E-state index contributed by atoms with van der Waals surface area (Å²) in [5.41, 5.74) is 2.36. The lowest BCUT2D eigenvalue weighted by molar-refractivity contribution is -0.134. The van der Waals surface area contributed by atoms with Crippen molar-refractivity contribution in [3.63, 3.8) is 0 Å². The van der Waals surface area contributed by atoms with Crippen molar-refractivity contribution in [2.75, 3.05) is 13.6 Å². The van der Waals surface area contributed by atoms with Gasteiger partial charge >= 0.3 is 0 Å². The lowest BCUT2D eigenvalue weighted by atomic mass is 9.98. The molecule has 1 aromatic carbocycles. The predicted molar refractivity (Wildman–Crippen MR) is 105 cm³/mol. The number of nitrogens with zero attached hydrogens (tertiary/aromatic N) is 1. The maximum atomic E-state index is 12.4. The summed E-state index contributed by atoms with van der Waals surface area (Å²) in [6.07, 6.45) is 5.61. The largest absolute Gasteiger partial charge is 0.347 e. The molecule has 3 rings (SSSR count). The van der Waals surface area contributed by atoms with Crippen molar-refractivity contribution in [2.45, 2.75) is 63.6 Å². The summed E-state index contributed by atoms with van der Waals surface area (Å²) in [7, 11) is 1.87. The number of benzene rings is 1. The van der Waals surface area contributed by atoms with Gasteiger partial charge in [-0.2, -0.15) is 0 Å². The molecule has 2 atom stereocenters. The fourth-order valence-corrected chi connectivity index (χ4v) is 3.95. The molecule has 2 N–H and O–H groups in total. The number of fused-ring (bicyclic) bond motifs is 2. The van der Waals surface area contributed by atoms with E-state index in [1.165, 1.54) is 18.4 Å². The molecule has 144 valence electrons. The minimum atomic E-state index is -0.0623. The van der Waals surface area contributed by atoms with E-state index in [0.29, 0.717) is 31.0 Å². The number of halogens is 1. The van der Waals surface area contributed by atoms with Gasteiger partial charge in [0.15, 0.2) is 0 Å². The Balaban J connectivity index is 0.00000243. The zero-order valence-corrected chi connectivity index (χ0v) is 16.5. The van der Waals surface area contributed by atoms with Gasteiger partial charge in [0.1, 0.15) is 0 Å². The number of likely N-dealkylation sites (N-methyl/N-ethyl adjacent to an activating group) is 1. The summed E-state index contributed by atoms with van der Waals surface area (Å²) in [6.45, 7) is 2.15. The Kier molecular flexibility index (Phi) is 7.47. The molecule has 2 aliphatic heterocycles. The average Bonchev–Trinajstić information content (AvgIpc) is 2.96.